The Bertz CT molecular complexity index is 332. The zero-order valence-corrected chi connectivity index (χ0v) is 13.0. The number of rotatable bonds is 2. The zero-order chi connectivity index (χ0) is 11.7. The van der Waals surface area contributed by atoms with Crippen LogP contribution in [0.4, 0.5) is 0 Å². The van der Waals surface area contributed by atoms with Gasteiger partial charge in [0, 0.05) is 22.6 Å². The van der Waals surface area contributed by atoms with E-state index >= 15 is 0 Å². The number of aromatic nitrogens is 2. The van der Waals surface area contributed by atoms with Gasteiger partial charge in [-0.25, -0.2) is 9.97 Å². The van der Waals surface area contributed by atoms with Crippen molar-refractivity contribution in [3.8, 4) is 5.75 Å². The fourth-order valence-corrected chi connectivity index (χ4v) is 2.08. The van der Waals surface area contributed by atoms with Crippen molar-refractivity contribution in [2.45, 2.75) is 38.9 Å². The van der Waals surface area contributed by atoms with Gasteiger partial charge in [-0.05, 0) is 18.1 Å². The van der Waals surface area contributed by atoms with Crippen molar-refractivity contribution in [2.75, 3.05) is 0 Å². The van der Waals surface area contributed by atoms with Crippen LogP contribution in [0, 0.1) is 3.83 Å². The lowest BCUT2D eigenvalue weighted by atomic mass is 10.2. The van der Waals surface area contributed by atoms with Crippen LogP contribution in [0.15, 0.2) is 12.4 Å². The Morgan fingerprint density at radius 2 is 1.67 bits per heavy atom. The Labute approximate surface area is 106 Å². The van der Waals surface area contributed by atoms with Crippen LogP contribution in [0.1, 0.15) is 20.8 Å². The van der Waals surface area contributed by atoms with Gasteiger partial charge in [-0.2, -0.15) is 0 Å². The lowest BCUT2D eigenvalue weighted by molar-refractivity contribution is 0.487. The van der Waals surface area contributed by atoms with Crippen molar-refractivity contribution >= 4 is 30.9 Å². The maximum absolute atomic E-state index is 6.03. The molecule has 15 heavy (non-hydrogen) atoms. The SMILES string of the molecule is CC(C)(C)[Si](C)(C)Oc1cnc(I)nc1. The molecule has 1 aromatic heterocycles. The summed E-state index contributed by atoms with van der Waals surface area (Å²) in [4.78, 5) is 8.24. The van der Waals surface area contributed by atoms with Crippen molar-refractivity contribution in [1.82, 2.24) is 9.97 Å². The van der Waals surface area contributed by atoms with E-state index in [1.54, 1.807) is 12.4 Å². The highest BCUT2D eigenvalue weighted by atomic mass is 127. The second-order valence-electron chi connectivity index (χ2n) is 5.05. The molecule has 1 aromatic rings. The van der Waals surface area contributed by atoms with Crippen molar-refractivity contribution < 1.29 is 4.43 Å². The minimum atomic E-state index is -1.75. The van der Waals surface area contributed by atoms with E-state index in [0.717, 1.165) is 9.58 Å². The van der Waals surface area contributed by atoms with Crippen molar-refractivity contribution in [2.24, 2.45) is 0 Å². The maximum Gasteiger partial charge on any atom is 0.250 e. The van der Waals surface area contributed by atoms with Gasteiger partial charge in [0.1, 0.15) is 5.75 Å². The third-order valence-corrected chi connectivity index (χ3v) is 7.69. The van der Waals surface area contributed by atoms with Crippen LogP contribution in [0.3, 0.4) is 0 Å². The number of hydrogen-bond acceptors (Lipinski definition) is 3. The lowest BCUT2D eigenvalue weighted by Gasteiger charge is -2.36. The van der Waals surface area contributed by atoms with Gasteiger partial charge in [0.2, 0.25) is 0 Å². The average molecular weight is 336 g/mol. The summed E-state index contributed by atoms with van der Waals surface area (Å²) in [5.41, 5.74) is 0. The van der Waals surface area contributed by atoms with Crippen molar-refractivity contribution in [3.63, 3.8) is 0 Å². The van der Waals surface area contributed by atoms with E-state index in [1.165, 1.54) is 0 Å². The second kappa shape index (κ2) is 4.37. The van der Waals surface area contributed by atoms with Crippen LogP contribution in [0.5, 0.6) is 5.75 Å². The van der Waals surface area contributed by atoms with E-state index in [-0.39, 0.29) is 5.04 Å². The van der Waals surface area contributed by atoms with Gasteiger partial charge in [-0.3, -0.25) is 0 Å². The molecule has 84 valence electrons. The van der Waals surface area contributed by atoms with Crippen LogP contribution >= 0.6 is 22.6 Å². The largest absolute Gasteiger partial charge is 0.541 e. The molecule has 0 aliphatic carbocycles. The molecule has 0 aliphatic heterocycles. The first-order valence-corrected chi connectivity index (χ1v) is 8.88. The quantitative estimate of drug-likeness (QED) is 0.471. The minimum Gasteiger partial charge on any atom is -0.541 e. The monoisotopic (exact) mass is 336 g/mol. The lowest BCUT2D eigenvalue weighted by Crippen LogP contribution is -2.43. The van der Waals surface area contributed by atoms with Crippen LogP contribution in [0.2, 0.25) is 18.1 Å². The van der Waals surface area contributed by atoms with Crippen LogP contribution < -0.4 is 4.43 Å². The van der Waals surface area contributed by atoms with Gasteiger partial charge in [-0.1, -0.05) is 20.8 Å². The van der Waals surface area contributed by atoms with Gasteiger partial charge in [-0.15, -0.1) is 0 Å². The van der Waals surface area contributed by atoms with Crippen molar-refractivity contribution in [1.29, 1.82) is 0 Å². The van der Waals surface area contributed by atoms with E-state index in [2.05, 4.69) is 66.4 Å². The van der Waals surface area contributed by atoms with E-state index in [0.29, 0.717) is 0 Å². The van der Waals surface area contributed by atoms with Gasteiger partial charge in [0.15, 0.2) is 3.83 Å². The van der Waals surface area contributed by atoms with Crippen LogP contribution in [-0.4, -0.2) is 18.3 Å². The summed E-state index contributed by atoms with van der Waals surface area (Å²) in [6, 6.07) is 0. The fraction of sp³-hybridized carbons (Fsp3) is 0.600. The fourth-order valence-electron chi connectivity index (χ4n) is 0.801. The third kappa shape index (κ3) is 3.41. The second-order valence-corrected chi connectivity index (χ2v) is 10.7. The topological polar surface area (TPSA) is 35.0 Å². The van der Waals surface area contributed by atoms with Crippen LogP contribution in [0.25, 0.3) is 0 Å². The Morgan fingerprint density at radius 3 is 2.07 bits per heavy atom. The zero-order valence-electron chi connectivity index (χ0n) is 9.84. The molecular formula is C10H17IN2OSi. The van der Waals surface area contributed by atoms with Gasteiger partial charge in [0.25, 0.3) is 8.32 Å². The molecule has 1 rings (SSSR count). The van der Waals surface area contributed by atoms with Crippen molar-refractivity contribution in [3.05, 3.63) is 16.2 Å². The smallest absolute Gasteiger partial charge is 0.250 e. The average Bonchev–Trinajstić information content (AvgIpc) is 2.06. The molecule has 3 nitrogen and oxygen atoms in total. The molecule has 0 fully saturated rings. The summed E-state index contributed by atoms with van der Waals surface area (Å²) in [5, 5.41) is 0.204. The molecule has 0 spiro atoms. The highest BCUT2D eigenvalue weighted by Crippen LogP contribution is 2.36. The first-order valence-electron chi connectivity index (χ1n) is 4.89. The minimum absolute atomic E-state index is 0.204. The Kier molecular flexibility index (Phi) is 3.75. The first-order chi connectivity index (χ1) is 6.72. The highest BCUT2D eigenvalue weighted by Gasteiger charge is 2.39. The standard InChI is InChI=1S/C10H17IN2OSi/c1-10(2,3)15(4,5)14-8-6-12-9(11)13-7-8/h6-7H,1-5H3. The molecule has 1 heterocycles. The molecule has 0 amide bonds. The number of nitrogens with zero attached hydrogens (tertiary/aromatic N) is 2. The van der Waals surface area contributed by atoms with E-state index < -0.39 is 8.32 Å². The Hall–Kier alpha value is -0.173. The molecule has 0 aliphatic rings. The summed E-state index contributed by atoms with van der Waals surface area (Å²) in [6.07, 6.45) is 3.49. The van der Waals surface area contributed by atoms with Gasteiger partial charge < -0.3 is 4.43 Å². The highest BCUT2D eigenvalue weighted by molar-refractivity contribution is 14.1. The first kappa shape index (κ1) is 12.9. The molecule has 5 heteroatoms. The molecule has 0 bridgehead atoms. The van der Waals surface area contributed by atoms with E-state index in [4.69, 9.17) is 4.43 Å². The predicted molar refractivity (Wildman–Crippen MR) is 72.6 cm³/mol. The number of hydrogen-bond donors (Lipinski definition) is 0. The van der Waals surface area contributed by atoms with Gasteiger partial charge >= 0.3 is 0 Å². The third-order valence-electron chi connectivity index (χ3n) is 2.78. The van der Waals surface area contributed by atoms with Crippen LogP contribution in [-0.2, 0) is 0 Å². The summed E-state index contributed by atoms with van der Waals surface area (Å²) in [7, 11) is -1.75. The summed E-state index contributed by atoms with van der Waals surface area (Å²) < 4.78 is 6.78. The Morgan fingerprint density at radius 1 is 1.20 bits per heavy atom. The molecule has 0 saturated heterocycles. The Balaban J connectivity index is 2.82. The molecule has 0 N–H and O–H groups in total. The van der Waals surface area contributed by atoms with E-state index in [1.807, 2.05) is 0 Å². The molecular weight excluding hydrogens is 319 g/mol. The number of halogens is 1. The molecule has 0 aromatic carbocycles. The normalized spacial score (nSPS) is 12.7. The molecule has 0 saturated carbocycles. The molecule has 0 atom stereocenters. The van der Waals surface area contributed by atoms with E-state index in [9.17, 15) is 0 Å². The predicted octanol–water partition coefficient (Wildman–Crippen LogP) is 3.47. The molecule has 0 radical (unpaired) electrons. The maximum atomic E-state index is 6.03. The summed E-state index contributed by atoms with van der Waals surface area (Å²) in [6.45, 7) is 11.1. The van der Waals surface area contributed by atoms with Gasteiger partial charge in [0.05, 0.1) is 12.4 Å². The summed E-state index contributed by atoms with van der Waals surface area (Å²) >= 11 is 2.08. The summed E-state index contributed by atoms with van der Waals surface area (Å²) in [5.74, 6) is 0.780. The molecule has 0 unspecified atom stereocenters.